The zero-order chi connectivity index (χ0) is 17.0. The lowest BCUT2D eigenvalue weighted by Gasteiger charge is -2.17. The molecule has 0 heterocycles. The van der Waals surface area contributed by atoms with Gasteiger partial charge in [-0.25, -0.2) is 0 Å². The van der Waals surface area contributed by atoms with Gasteiger partial charge < -0.3 is 9.84 Å². The van der Waals surface area contributed by atoms with Crippen molar-refractivity contribution in [1.82, 2.24) is 0 Å². The number of carboxylic acid groups (broad SMARTS) is 1. The second kappa shape index (κ2) is 6.91. The molecule has 0 fully saturated rings. The van der Waals surface area contributed by atoms with Crippen LogP contribution < -0.4 is 4.74 Å². The summed E-state index contributed by atoms with van der Waals surface area (Å²) in [5.74, 6) is -1.35. The number of nitro groups is 1. The average Bonchev–Trinajstić information content (AvgIpc) is 2.52. The maximum atomic E-state index is 11.7. The van der Waals surface area contributed by atoms with Crippen molar-refractivity contribution in [2.45, 2.75) is 19.3 Å². The Labute approximate surface area is 133 Å². The molecule has 120 valence electrons. The molecule has 6 nitrogen and oxygen atoms in total. The summed E-state index contributed by atoms with van der Waals surface area (Å²) in [5.41, 5.74) is 2.02. The molecule has 2 rings (SSSR count). The van der Waals surface area contributed by atoms with Gasteiger partial charge in [0.15, 0.2) is 0 Å². The van der Waals surface area contributed by atoms with E-state index in [0.29, 0.717) is 16.9 Å². The van der Waals surface area contributed by atoms with Gasteiger partial charge in [-0.05, 0) is 25.0 Å². The molecular weight excluding hydrogens is 298 g/mol. The number of rotatable bonds is 6. The number of carbonyl (C=O) groups is 1. The van der Waals surface area contributed by atoms with Crippen molar-refractivity contribution in [3.05, 3.63) is 69.3 Å². The van der Waals surface area contributed by atoms with E-state index in [1.165, 1.54) is 19.2 Å². The van der Waals surface area contributed by atoms with Crippen LogP contribution in [0.25, 0.3) is 0 Å². The van der Waals surface area contributed by atoms with Gasteiger partial charge >= 0.3 is 5.97 Å². The van der Waals surface area contributed by atoms with Crippen LogP contribution >= 0.6 is 0 Å². The summed E-state index contributed by atoms with van der Waals surface area (Å²) in [6, 6.07) is 11.4. The number of ether oxygens (including phenoxy) is 1. The second-order valence-corrected chi connectivity index (χ2v) is 5.27. The number of hydrogen-bond acceptors (Lipinski definition) is 4. The lowest BCUT2D eigenvalue weighted by atomic mass is 9.90. The van der Waals surface area contributed by atoms with Crippen molar-refractivity contribution >= 4 is 11.7 Å². The van der Waals surface area contributed by atoms with E-state index in [1.54, 1.807) is 24.3 Å². The first-order valence-corrected chi connectivity index (χ1v) is 7.03. The van der Waals surface area contributed by atoms with E-state index < -0.39 is 16.8 Å². The molecule has 0 saturated carbocycles. The van der Waals surface area contributed by atoms with Crippen molar-refractivity contribution in [2.24, 2.45) is 0 Å². The molecule has 2 aromatic carbocycles. The number of non-ortho nitro benzene ring substituents is 1. The molecule has 0 spiro atoms. The zero-order valence-corrected chi connectivity index (χ0v) is 12.9. The summed E-state index contributed by atoms with van der Waals surface area (Å²) in [7, 11) is 1.49. The number of nitro benzene ring substituents is 1. The van der Waals surface area contributed by atoms with Crippen LogP contribution in [0.15, 0.2) is 42.5 Å². The summed E-state index contributed by atoms with van der Waals surface area (Å²) in [5, 5.41) is 20.4. The first-order chi connectivity index (χ1) is 10.9. The van der Waals surface area contributed by atoms with Crippen LogP contribution in [0.1, 0.15) is 22.6 Å². The Morgan fingerprint density at radius 1 is 1.30 bits per heavy atom. The number of benzene rings is 2. The van der Waals surface area contributed by atoms with Crippen LogP contribution in [0.4, 0.5) is 5.69 Å². The van der Waals surface area contributed by atoms with Gasteiger partial charge in [-0.3, -0.25) is 14.9 Å². The molecule has 0 radical (unpaired) electrons. The van der Waals surface area contributed by atoms with E-state index in [0.717, 1.165) is 5.56 Å². The molecule has 6 heteroatoms. The van der Waals surface area contributed by atoms with E-state index in [1.807, 2.05) is 13.0 Å². The summed E-state index contributed by atoms with van der Waals surface area (Å²) in [6.07, 6.45) is 0.150. The minimum atomic E-state index is -1.000. The van der Waals surface area contributed by atoms with Crippen LogP contribution in [0.2, 0.25) is 0 Å². The van der Waals surface area contributed by atoms with Crippen molar-refractivity contribution in [1.29, 1.82) is 0 Å². The Morgan fingerprint density at radius 3 is 2.65 bits per heavy atom. The molecule has 0 aliphatic heterocycles. The third-order valence-electron chi connectivity index (χ3n) is 3.62. The number of carboxylic acids is 1. The maximum absolute atomic E-state index is 11.7. The lowest BCUT2D eigenvalue weighted by molar-refractivity contribution is -0.384. The maximum Gasteiger partial charge on any atom is 0.311 e. The number of hydrogen-bond donors (Lipinski definition) is 1. The third kappa shape index (κ3) is 3.85. The number of nitrogens with zero attached hydrogens (tertiary/aromatic N) is 1. The molecule has 0 aliphatic carbocycles. The van der Waals surface area contributed by atoms with Gasteiger partial charge in [0.25, 0.3) is 5.69 Å². The number of methoxy groups -OCH3 is 1. The van der Waals surface area contributed by atoms with Gasteiger partial charge in [0, 0.05) is 17.7 Å². The Morgan fingerprint density at radius 2 is 2.04 bits per heavy atom. The summed E-state index contributed by atoms with van der Waals surface area (Å²) in [4.78, 5) is 22.1. The minimum Gasteiger partial charge on any atom is -0.496 e. The highest BCUT2D eigenvalue weighted by atomic mass is 16.6. The Bertz CT molecular complexity index is 742. The van der Waals surface area contributed by atoms with E-state index in [-0.39, 0.29) is 12.1 Å². The quantitative estimate of drug-likeness (QED) is 0.652. The molecule has 0 bridgehead atoms. The molecule has 1 unspecified atom stereocenters. The SMILES string of the molecule is COc1ccc(C)cc1C(Cc1cccc([N+](=O)[O-])c1)C(=O)O. The fourth-order valence-corrected chi connectivity index (χ4v) is 2.49. The minimum absolute atomic E-state index is 0.0529. The normalized spacial score (nSPS) is 11.7. The molecule has 0 aromatic heterocycles. The first kappa shape index (κ1) is 16.5. The van der Waals surface area contributed by atoms with E-state index in [2.05, 4.69) is 0 Å². The zero-order valence-electron chi connectivity index (χ0n) is 12.9. The van der Waals surface area contributed by atoms with Crippen LogP contribution in [0.5, 0.6) is 5.75 Å². The monoisotopic (exact) mass is 315 g/mol. The highest BCUT2D eigenvalue weighted by Crippen LogP contribution is 2.31. The van der Waals surface area contributed by atoms with Gasteiger partial charge in [0.2, 0.25) is 0 Å². The predicted molar refractivity (Wildman–Crippen MR) is 84.9 cm³/mol. The molecule has 0 amide bonds. The van der Waals surface area contributed by atoms with Crippen molar-refractivity contribution in [3.8, 4) is 5.75 Å². The van der Waals surface area contributed by atoms with Crippen LogP contribution in [0.3, 0.4) is 0 Å². The standard InChI is InChI=1S/C17H17NO5/c1-11-6-7-16(23-2)14(8-11)15(17(19)20)10-12-4-3-5-13(9-12)18(21)22/h3-9,15H,10H2,1-2H3,(H,19,20). The van der Waals surface area contributed by atoms with Crippen molar-refractivity contribution in [2.75, 3.05) is 7.11 Å². The largest absolute Gasteiger partial charge is 0.496 e. The van der Waals surface area contributed by atoms with Gasteiger partial charge in [-0.1, -0.05) is 29.8 Å². The Balaban J connectivity index is 2.40. The molecule has 1 atom stereocenters. The summed E-state index contributed by atoms with van der Waals surface area (Å²) >= 11 is 0. The van der Waals surface area contributed by atoms with Gasteiger partial charge in [-0.15, -0.1) is 0 Å². The highest BCUT2D eigenvalue weighted by Gasteiger charge is 2.24. The first-order valence-electron chi connectivity index (χ1n) is 7.03. The van der Waals surface area contributed by atoms with E-state index >= 15 is 0 Å². The van der Waals surface area contributed by atoms with Crippen molar-refractivity contribution < 1.29 is 19.6 Å². The fraction of sp³-hybridized carbons (Fsp3) is 0.235. The number of aliphatic carboxylic acids is 1. The van der Waals surface area contributed by atoms with Crippen LogP contribution in [-0.2, 0) is 11.2 Å². The molecule has 0 aliphatic rings. The van der Waals surface area contributed by atoms with Gasteiger partial charge in [0.1, 0.15) is 5.75 Å². The van der Waals surface area contributed by atoms with Crippen LogP contribution in [0, 0.1) is 17.0 Å². The van der Waals surface area contributed by atoms with Gasteiger partial charge in [0.05, 0.1) is 18.0 Å². The molecule has 23 heavy (non-hydrogen) atoms. The average molecular weight is 315 g/mol. The second-order valence-electron chi connectivity index (χ2n) is 5.27. The van der Waals surface area contributed by atoms with Gasteiger partial charge in [-0.2, -0.15) is 0 Å². The summed E-state index contributed by atoms with van der Waals surface area (Å²) < 4.78 is 5.26. The molecular formula is C17H17NO5. The van der Waals surface area contributed by atoms with Crippen LogP contribution in [-0.4, -0.2) is 23.1 Å². The fourth-order valence-electron chi connectivity index (χ4n) is 2.49. The topological polar surface area (TPSA) is 89.7 Å². The third-order valence-corrected chi connectivity index (χ3v) is 3.62. The lowest BCUT2D eigenvalue weighted by Crippen LogP contribution is -2.15. The van der Waals surface area contributed by atoms with Crippen molar-refractivity contribution in [3.63, 3.8) is 0 Å². The van der Waals surface area contributed by atoms with E-state index in [9.17, 15) is 20.0 Å². The predicted octanol–water partition coefficient (Wildman–Crippen LogP) is 3.32. The smallest absolute Gasteiger partial charge is 0.311 e. The van der Waals surface area contributed by atoms with E-state index in [4.69, 9.17) is 4.74 Å². The number of aryl methyl sites for hydroxylation is 1. The summed E-state index contributed by atoms with van der Waals surface area (Å²) in [6.45, 7) is 1.87. The Hall–Kier alpha value is -2.89. The molecule has 2 aromatic rings. The molecule has 0 saturated heterocycles. The molecule has 1 N–H and O–H groups in total. The highest BCUT2D eigenvalue weighted by molar-refractivity contribution is 5.78. The Kier molecular flexibility index (Phi) is 4.95.